The minimum atomic E-state index is -1.53. The number of nitrogens with zero attached hydrogens (tertiary/aromatic N) is 1. The first kappa shape index (κ1) is 14.5. The molecule has 0 aromatic heterocycles. The van der Waals surface area contributed by atoms with E-state index in [0.717, 1.165) is 0 Å². The smallest absolute Gasteiger partial charge is 0.186 e. The second-order valence-corrected chi connectivity index (χ2v) is 4.59. The average Bonchev–Trinajstić information content (AvgIpc) is 2.42. The molecule has 2 aromatic carbocycles. The molecule has 2 aromatic rings. The van der Waals surface area contributed by atoms with Crippen molar-refractivity contribution in [1.82, 2.24) is 0 Å². The van der Waals surface area contributed by atoms with Gasteiger partial charge in [0.2, 0.25) is 0 Å². The minimum absolute atomic E-state index is 0.132. The van der Waals surface area contributed by atoms with Crippen LogP contribution in [0.25, 0.3) is 0 Å². The normalized spacial score (nSPS) is 11.1. The summed E-state index contributed by atoms with van der Waals surface area (Å²) in [6.45, 7) is 0. The standard InChI is InChI=1S/C13H7BrF4N2/c14-8-4-2-1-3-7(8)6-19-20-13-11(17)9(15)5-10(16)12(13)18/h1-6,20H. The van der Waals surface area contributed by atoms with Gasteiger partial charge in [-0.15, -0.1) is 0 Å². The number of rotatable bonds is 3. The molecule has 0 saturated heterocycles. The molecule has 0 aliphatic rings. The highest BCUT2D eigenvalue weighted by Crippen LogP contribution is 2.24. The van der Waals surface area contributed by atoms with Crippen molar-refractivity contribution in [3.8, 4) is 0 Å². The summed E-state index contributed by atoms with van der Waals surface area (Å²) in [5, 5.41) is 3.56. The van der Waals surface area contributed by atoms with E-state index in [2.05, 4.69) is 21.0 Å². The number of hydrogen-bond acceptors (Lipinski definition) is 2. The van der Waals surface area contributed by atoms with E-state index in [-0.39, 0.29) is 6.07 Å². The molecule has 1 N–H and O–H groups in total. The van der Waals surface area contributed by atoms with E-state index in [1.54, 1.807) is 24.3 Å². The van der Waals surface area contributed by atoms with E-state index < -0.39 is 29.0 Å². The first-order chi connectivity index (χ1) is 9.50. The molecule has 0 radical (unpaired) electrons. The Labute approximate surface area is 120 Å². The van der Waals surface area contributed by atoms with Crippen molar-refractivity contribution >= 4 is 27.8 Å². The second-order valence-electron chi connectivity index (χ2n) is 3.73. The van der Waals surface area contributed by atoms with Crippen LogP contribution in [0.3, 0.4) is 0 Å². The largest absolute Gasteiger partial charge is 0.272 e. The summed E-state index contributed by atoms with van der Waals surface area (Å²) in [4.78, 5) is 0. The van der Waals surface area contributed by atoms with Crippen molar-refractivity contribution in [3.63, 3.8) is 0 Å². The van der Waals surface area contributed by atoms with Gasteiger partial charge in [-0.3, -0.25) is 5.43 Å². The van der Waals surface area contributed by atoms with Crippen LogP contribution in [-0.4, -0.2) is 6.21 Å². The lowest BCUT2D eigenvalue weighted by molar-refractivity contribution is 0.458. The first-order valence-corrected chi connectivity index (χ1v) is 6.16. The molecule has 0 fully saturated rings. The number of hydrogen-bond donors (Lipinski definition) is 1. The maximum atomic E-state index is 13.3. The zero-order valence-corrected chi connectivity index (χ0v) is 11.4. The molecule has 0 aliphatic carbocycles. The van der Waals surface area contributed by atoms with Crippen LogP contribution in [0.1, 0.15) is 5.56 Å². The predicted molar refractivity (Wildman–Crippen MR) is 71.6 cm³/mol. The molecule has 0 atom stereocenters. The van der Waals surface area contributed by atoms with E-state index >= 15 is 0 Å². The van der Waals surface area contributed by atoms with E-state index in [4.69, 9.17) is 0 Å². The van der Waals surface area contributed by atoms with Crippen LogP contribution in [0.4, 0.5) is 23.2 Å². The van der Waals surface area contributed by atoms with Gasteiger partial charge in [0.25, 0.3) is 0 Å². The Morgan fingerprint density at radius 1 is 1.00 bits per heavy atom. The zero-order valence-electron chi connectivity index (χ0n) is 9.80. The molecule has 7 heteroatoms. The fourth-order valence-corrected chi connectivity index (χ4v) is 1.80. The quantitative estimate of drug-likeness (QED) is 0.377. The topological polar surface area (TPSA) is 24.4 Å². The number of benzene rings is 2. The summed E-state index contributed by atoms with van der Waals surface area (Å²) in [5.74, 6) is -6.06. The molecular weight excluding hydrogens is 340 g/mol. The minimum Gasteiger partial charge on any atom is -0.272 e. The lowest BCUT2D eigenvalue weighted by Gasteiger charge is -2.05. The Morgan fingerprint density at radius 2 is 1.60 bits per heavy atom. The number of hydrazone groups is 1. The monoisotopic (exact) mass is 346 g/mol. The molecule has 0 bridgehead atoms. The average molecular weight is 347 g/mol. The van der Waals surface area contributed by atoms with Crippen LogP contribution in [0.5, 0.6) is 0 Å². The van der Waals surface area contributed by atoms with Crippen molar-refractivity contribution in [3.05, 3.63) is 63.6 Å². The maximum absolute atomic E-state index is 13.3. The van der Waals surface area contributed by atoms with Gasteiger partial charge in [0, 0.05) is 16.1 Å². The van der Waals surface area contributed by atoms with E-state index in [1.807, 2.05) is 5.43 Å². The molecule has 0 amide bonds. The lowest BCUT2D eigenvalue weighted by Crippen LogP contribution is -2.02. The highest BCUT2D eigenvalue weighted by atomic mass is 79.9. The van der Waals surface area contributed by atoms with Gasteiger partial charge in [0.15, 0.2) is 23.3 Å². The third-order valence-corrected chi connectivity index (χ3v) is 3.12. The molecule has 0 unspecified atom stereocenters. The zero-order chi connectivity index (χ0) is 14.7. The Hall–Kier alpha value is -1.89. The summed E-state index contributed by atoms with van der Waals surface area (Å²) >= 11 is 3.25. The summed E-state index contributed by atoms with van der Waals surface area (Å²) in [6, 6.07) is 7.07. The van der Waals surface area contributed by atoms with Crippen LogP contribution in [0.2, 0.25) is 0 Å². The second kappa shape index (κ2) is 6.04. The van der Waals surface area contributed by atoms with Gasteiger partial charge in [0.05, 0.1) is 6.21 Å². The number of anilines is 1. The molecule has 104 valence electrons. The van der Waals surface area contributed by atoms with Crippen molar-refractivity contribution in [2.24, 2.45) is 5.10 Å². The van der Waals surface area contributed by atoms with Gasteiger partial charge < -0.3 is 0 Å². The van der Waals surface area contributed by atoms with Crippen LogP contribution in [-0.2, 0) is 0 Å². The number of nitrogens with one attached hydrogen (secondary N) is 1. The Bertz CT molecular complexity index is 647. The van der Waals surface area contributed by atoms with Crippen LogP contribution < -0.4 is 5.43 Å². The van der Waals surface area contributed by atoms with E-state index in [9.17, 15) is 17.6 Å². The summed E-state index contributed by atoms with van der Waals surface area (Å²) in [6.07, 6.45) is 1.26. The van der Waals surface area contributed by atoms with Crippen molar-refractivity contribution in [2.75, 3.05) is 5.43 Å². The third-order valence-electron chi connectivity index (χ3n) is 2.40. The predicted octanol–water partition coefficient (Wildman–Crippen LogP) is 4.45. The molecule has 0 aliphatic heterocycles. The van der Waals surface area contributed by atoms with Crippen LogP contribution in [0.15, 0.2) is 39.9 Å². The third kappa shape index (κ3) is 2.98. The molecule has 0 spiro atoms. The van der Waals surface area contributed by atoms with Crippen molar-refractivity contribution in [2.45, 2.75) is 0 Å². The van der Waals surface area contributed by atoms with E-state index in [0.29, 0.717) is 10.0 Å². The molecular formula is C13H7BrF4N2. The SMILES string of the molecule is Fc1cc(F)c(F)c(NN=Cc2ccccc2Br)c1F. The van der Waals surface area contributed by atoms with Gasteiger partial charge in [0.1, 0.15) is 5.69 Å². The van der Waals surface area contributed by atoms with Crippen LogP contribution >= 0.6 is 15.9 Å². The van der Waals surface area contributed by atoms with Crippen molar-refractivity contribution in [1.29, 1.82) is 0 Å². The first-order valence-electron chi connectivity index (χ1n) is 5.37. The van der Waals surface area contributed by atoms with Gasteiger partial charge in [-0.05, 0) is 6.07 Å². The van der Waals surface area contributed by atoms with Gasteiger partial charge in [-0.2, -0.15) is 5.10 Å². The molecule has 0 saturated carbocycles. The fraction of sp³-hybridized carbons (Fsp3) is 0. The highest BCUT2D eigenvalue weighted by Gasteiger charge is 2.18. The molecule has 2 nitrogen and oxygen atoms in total. The summed E-state index contributed by atoms with van der Waals surface area (Å²) in [7, 11) is 0. The van der Waals surface area contributed by atoms with Gasteiger partial charge in [-0.1, -0.05) is 34.1 Å². The maximum Gasteiger partial charge on any atom is 0.186 e. The Balaban J connectivity index is 2.26. The summed E-state index contributed by atoms with van der Waals surface area (Å²) in [5.41, 5.74) is 1.60. The van der Waals surface area contributed by atoms with Gasteiger partial charge in [-0.25, -0.2) is 17.6 Å². The summed E-state index contributed by atoms with van der Waals surface area (Å²) < 4.78 is 53.3. The Morgan fingerprint density at radius 3 is 2.20 bits per heavy atom. The number of halogens is 5. The molecule has 20 heavy (non-hydrogen) atoms. The van der Waals surface area contributed by atoms with Gasteiger partial charge >= 0.3 is 0 Å². The van der Waals surface area contributed by atoms with Crippen LogP contribution in [0, 0.1) is 23.3 Å². The Kier molecular flexibility index (Phi) is 4.39. The highest BCUT2D eigenvalue weighted by molar-refractivity contribution is 9.10. The fourth-order valence-electron chi connectivity index (χ4n) is 1.42. The van der Waals surface area contributed by atoms with Crippen molar-refractivity contribution < 1.29 is 17.6 Å². The lowest BCUT2D eigenvalue weighted by atomic mass is 10.2. The molecule has 2 rings (SSSR count). The van der Waals surface area contributed by atoms with E-state index in [1.165, 1.54) is 6.21 Å². The molecule has 0 heterocycles.